The summed E-state index contributed by atoms with van der Waals surface area (Å²) in [6.45, 7) is 0.514. The Balaban J connectivity index is 1.03. The van der Waals surface area contributed by atoms with E-state index >= 15 is 4.39 Å². The minimum atomic E-state index is -1.49. The van der Waals surface area contributed by atoms with Crippen LogP contribution in [0.2, 0.25) is 5.02 Å². The lowest BCUT2D eigenvalue weighted by Gasteiger charge is -2.34. The number of hydrogen-bond donors (Lipinski definition) is 2. The zero-order valence-corrected chi connectivity index (χ0v) is 21.3. The molecule has 2 aliphatic carbocycles. The quantitative estimate of drug-likeness (QED) is 0.324. The first-order valence-corrected chi connectivity index (χ1v) is 13.2. The number of nitrogens with zero attached hydrogens (tertiary/aromatic N) is 4. The predicted octanol–water partition coefficient (Wildman–Crippen LogP) is 5.20. The molecule has 0 radical (unpaired) electrons. The number of imidazole rings is 1. The molecule has 0 unspecified atom stereocenters. The molecule has 3 aliphatic rings. The van der Waals surface area contributed by atoms with Crippen LogP contribution in [0.4, 0.5) is 16.0 Å². The lowest BCUT2D eigenvalue weighted by Crippen LogP contribution is -2.43. The van der Waals surface area contributed by atoms with Crippen LogP contribution in [0.5, 0.6) is 0 Å². The van der Waals surface area contributed by atoms with Crippen LogP contribution in [0.3, 0.4) is 0 Å². The van der Waals surface area contributed by atoms with Gasteiger partial charge in [-0.15, -0.1) is 0 Å². The van der Waals surface area contributed by atoms with Gasteiger partial charge in [0, 0.05) is 35.0 Å². The summed E-state index contributed by atoms with van der Waals surface area (Å²) in [4.78, 5) is 26.0. The van der Waals surface area contributed by atoms with E-state index in [9.17, 15) is 4.79 Å². The van der Waals surface area contributed by atoms with Crippen molar-refractivity contribution < 1.29 is 13.9 Å². The Hall–Kier alpha value is -3.56. The predicted molar refractivity (Wildman–Crippen MR) is 141 cm³/mol. The first-order chi connectivity index (χ1) is 18.4. The average molecular weight is 533 g/mol. The summed E-state index contributed by atoms with van der Waals surface area (Å²) in [5.74, 6) is 1.48. The van der Waals surface area contributed by atoms with Gasteiger partial charge in [0.05, 0.1) is 25.5 Å². The normalized spacial score (nSPS) is 21.6. The molecule has 2 saturated carbocycles. The van der Waals surface area contributed by atoms with Crippen LogP contribution in [0.25, 0.3) is 5.65 Å². The van der Waals surface area contributed by atoms with E-state index in [-0.39, 0.29) is 31.0 Å². The van der Waals surface area contributed by atoms with Gasteiger partial charge in [-0.2, -0.15) is 0 Å². The highest BCUT2D eigenvalue weighted by Gasteiger charge is 2.44. The van der Waals surface area contributed by atoms with E-state index < -0.39 is 5.67 Å². The third-order valence-electron chi connectivity index (χ3n) is 7.59. The molecule has 2 N–H and O–H groups in total. The van der Waals surface area contributed by atoms with Gasteiger partial charge < -0.3 is 19.8 Å². The second-order valence-electron chi connectivity index (χ2n) is 10.5. The fourth-order valence-corrected chi connectivity index (χ4v) is 5.37. The highest BCUT2D eigenvalue weighted by Crippen LogP contribution is 2.48. The van der Waals surface area contributed by atoms with Crippen molar-refractivity contribution in [1.29, 1.82) is 0 Å². The number of carbonyl (C=O) groups is 1. The molecule has 1 aliphatic heterocycles. The van der Waals surface area contributed by atoms with E-state index in [4.69, 9.17) is 21.3 Å². The molecular formula is C28H26ClFN6O2. The molecule has 4 aromatic rings. The molecule has 3 aromatic heterocycles. The Morgan fingerprint density at radius 1 is 1.13 bits per heavy atom. The highest BCUT2D eigenvalue weighted by atomic mass is 35.5. The van der Waals surface area contributed by atoms with Crippen molar-refractivity contribution in [2.75, 3.05) is 23.8 Å². The van der Waals surface area contributed by atoms with Crippen LogP contribution in [-0.2, 0) is 21.7 Å². The van der Waals surface area contributed by atoms with Gasteiger partial charge in [0.2, 0.25) is 5.91 Å². The number of aromatic nitrogens is 4. The monoisotopic (exact) mass is 532 g/mol. The van der Waals surface area contributed by atoms with Crippen LogP contribution >= 0.6 is 11.6 Å². The van der Waals surface area contributed by atoms with E-state index in [2.05, 4.69) is 26.8 Å². The van der Waals surface area contributed by atoms with E-state index in [1.807, 2.05) is 40.9 Å². The number of benzene rings is 1. The maximum atomic E-state index is 15.4. The number of ether oxygens (including phenoxy) is 1. The molecule has 38 heavy (non-hydrogen) atoms. The number of carbonyl (C=O) groups excluding carboxylic acids is 1. The fraction of sp³-hybridized carbons (Fsp3) is 0.357. The van der Waals surface area contributed by atoms with Gasteiger partial charge in [-0.3, -0.25) is 4.79 Å². The molecule has 10 heteroatoms. The van der Waals surface area contributed by atoms with Gasteiger partial charge in [-0.05, 0) is 60.4 Å². The molecule has 1 aromatic carbocycles. The molecule has 2 atom stereocenters. The van der Waals surface area contributed by atoms with Crippen molar-refractivity contribution in [3.05, 3.63) is 82.5 Å². The van der Waals surface area contributed by atoms with Crippen molar-refractivity contribution in [2.45, 2.75) is 43.3 Å². The Labute approximate surface area is 223 Å². The number of alkyl halides is 1. The van der Waals surface area contributed by atoms with Gasteiger partial charge in [-0.1, -0.05) is 23.7 Å². The van der Waals surface area contributed by atoms with Crippen LogP contribution in [0, 0.1) is 5.92 Å². The average Bonchev–Trinajstić information content (AvgIpc) is 3.82. The Morgan fingerprint density at radius 3 is 2.74 bits per heavy atom. The molecule has 1 amide bonds. The third-order valence-corrected chi connectivity index (χ3v) is 7.82. The second kappa shape index (κ2) is 9.03. The summed E-state index contributed by atoms with van der Waals surface area (Å²) in [6.07, 6.45) is 8.45. The first-order valence-electron chi connectivity index (χ1n) is 12.9. The largest absolute Gasteiger partial charge is 0.374 e. The number of halogens is 2. The number of amides is 1. The number of anilines is 2. The third kappa shape index (κ3) is 4.50. The van der Waals surface area contributed by atoms with Gasteiger partial charge in [0.1, 0.15) is 23.6 Å². The van der Waals surface area contributed by atoms with Crippen LogP contribution < -0.4 is 10.6 Å². The summed E-state index contributed by atoms with van der Waals surface area (Å²) in [5, 5.41) is 6.82. The van der Waals surface area contributed by atoms with Gasteiger partial charge >= 0.3 is 0 Å². The molecule has 8 nitrogen and oxygen atoms in total. The van der Waals surface area contributed by atoms with Crippen molar-refractivity contribution in [3.63, 3.8) is 0 Å². The smallest absolute Gasteiger partial charge is 0.229 e. The number of pyridine rings is 1. The zero-order valence-electron chi connectivity index (χ0n) is 20.5. The molecular weight excluding hydrogens is 507 g/mol. The summed E-state index contributed by atoms with van der Waals surface area (Å²) < 4.78 is 22.5. The molecule has 4 heterocycles. The minimum absolute atomic E-state index is 0.0629. The summed E-state index contributed by atoms with van der Waals surface area (Å²) in [5.41, 5.74) is 2.71. The number of fused-ring (bicyclic) bond motifs is 1. The fourth-order valence-electron chi connectivity index (χ4n) is 5.18. The summed E-state index contributed by atoms with van der Waals surface area (Å²) in [6, 6.07) is 11.3. The molecule has 3 fully saturated rings. The van der Waals surface area contributed by atoms with E-state index in [1.165, 1.54) is 6.33 Å². The number of nitrogens with one attached hydrogen (secondary N) is 2. The highest BCUT2D eigenvalue weighted by molar-refractivity contribution is 6.30. The molecule has 0 spiro atoms. The van der Waals surface area contributed by atoms with Gasteiger partial charge in [-0.25, -0.2) is 19.3 Å². The Kier molecular flexibility index (Phi) is 5.59. The van der Waals surface area contributed by atoms with Crippen molar-refractivity contribution in [2.24, 2.45) is 5.92 Å². The standard InChI is InChI=1S/C28H26ClFN6O2/c29-19-3-1-2-17(6-19)21-8-22(21)27(37)35-25-9-24(32-15-33-25)31-10-20-12-36-11-18(16-4-5-16)7-23(26(36)34-20)28(30)13-38-14-28/h1-3,6-7,9,11-12,15-16,21-22H,4-5,8,10,13-14H2,(H2,31,32,33,35,37)/t21-,22+/m1/s1. The van der Waals surface area contributed by atoms with Crippen molar-refractivity contribution in [1.82, 2.24) is 19.4 Å². The van der Waals surface area contributed by atoms with Crippen molar-refractivity contribution in [3.8, 4) is 0 Å². The van der Waals surface area contributed by atoms with Crippen LogP contribution in [0.15, 0.2) is 55.1 Å². The van der Waals surface area contributed by atoms with Gasteiger partial charge in [0.15, 0.2) is 5.67 Å². The van der Waals surface area contributed by atoms with E-state index in [0.717, 1.165) is 36.1 Å². The maximum absolute atomic E-state index is 15.4. The summed E-state index contributed by atoms with van der Waals surface area (Å²) in [7, 11) is 0. The van der Waals surface area contributed by atoms with Crippen molar-refractivity contribution >= 4 is 34.8 Å². The van der Waals surface area contributed by atoms with Crippen LogP contribution in [-0.4, -0.2) is 38.5 Å². The Bertz CT molecular complexity index is 1550. The summed E-state index contributed by atoms with van der Waals surface area (Å²) >= 11 is 6.09. The van der Waals surface area contributed by atoms with E-state index in [0.29, 0.717) is 40.3 Å². The van der Waals surface area contributed by atoms with E-state index in [1.54, 1.807) is 6.07 Å². The SMILES string of the molecule is O=C(Nc1cc(NCc2cn3cc(C4CC4)cc(C4(F)COC4)c3n2)ncn1)[C@H]1C[C@@H]1c1cccc(Cl)c1. The topological polar surface area (TPSA) is 93.4 Å². The Morgan fingerprint density at radius 2 is 1.97 bits per heavy atom. The number of hydrogen-bond acceptors (Lipinski definition) is 6. The lowest BCUT2D eigenvalue weighted by molar-refractivity contribution is -0.134. The second-order valence-corrected chi connectivity index (χ2v) is 11.0. The minimum Gasteiger partial charge on any atom is -0.374 e. The lowest BCUT2D eigenvalue weighted by atomic mass is 9.93. The number of rotatable bonds is 8. The molecule has 0 bridgehead atoms. The maximum Gasteiger partial charge on any atom is 0.229 e. The first kappa shape index (κ1) is 23.5. The molecule has 7 rings (SSSR count). The van der Waals surface area contributed by atoms with Crippen LogP contribution in [0.1, 0.15) is 53.5 Å². The molecule has 1 saturated heterocycles. The van der Waals surface area contributed by atoms with Gasteiger partial charge in [0.25, 0.3) is 0 Å². The zero-order chi connectivity index (χ0) is 25.9. The molecule has 194 valence electrons.